The Bertz CT molecular complexity index is 1000. The second-order valence-electron chi connectivity index (χ2n) is 7.21. The zero-order chi connectivity index (χ0) is 20.8. The predicted octanol–water partition coefficient (Wildman–Crippen LogP) is 2.27. The number of amides is 2. The molecule has 0 unspecified atom stereocenters. The lowest BCUT2D eigenvalue weighted by Crippen LogP contribution is -2.37. The summed E-state index contributed by atoms with van der Waals surface area (Å²) in [7, 11) is 0. The molecule has 1 aromatic carbocycles. The molecule has 0 aliphatic carbocycles. The van der Waals surface area contributed by atoms with Gasteiger partial charge in [-0.2, -0.15) is 4.80 Å². The number of nitrogens with one attached hydrogen (secondary N) is 1. The van der Waals surface area contributed by atoms with Crippen molar-refractivity contribution in [3.05, 3.63) is 52.2 Å². The molecule has 1 aliphatic rings. The van der Waals surface area contributed by atoms with E-state index in [1.54, 1.807) is 11.3 Å². The summed E-state index contributed by atoms with van der Waals surface area (Å²) in [6.07, 6.45) is 2.22. The van der Waals surface area contributed by atoms with E-state index in [0.29, 0.717) is 44.7 Å². The molecule has 1 N–H and O–H groups in total. The van der Waals surface area contributed by atoms with Crippen molar-refractivity contribution in [1.82, 2.24) is 30.4 Å². The highest BCUT2D eigenvalue weighted by atomic mass is 32.1. The SMILES string of the molecule is O=C(CCCn1nnc(-c2ccccc2)n1)NCCC(=O)N1CCc2sccc2C1. The van der Waals surface area contributed by atoms with Gasteiger partial charge in [0.05, 0.1) is 6.54 Å². The molecular weight excluding hydrogens is 400 g/mol. The summed E-state index contributed by atoms with van der Waals surface area (Å²) in [6.45, 7) is 2.32. The van der Waals surface area contributed by atoms with E-state index in [0.717, 1.165) is 18.5 Å². The van der Waals surface area contributed by atoms with Gasteiger partial charge >= 0.3 is 0 Å². The van der Waals surface area contributed by atoms with Gasteiger partial charge in [0.2, 0.25) is 17.6 Å². The molecule has 3 heterocycles. The third-order valence-electron chi connectivity index (χ3n) is 5.07. The Hall–Kier alpha value is -3.07. The zero-order valence-electron chi connectivity index (χ0n) is 16.7. The van der Waals surface area contributed by atoms with E-state index in [9.17, 15) is 9.59 Å². The minimum absolute atomic E-state index is 0.0648. The largest absolute Gasteiger partial charge is 0.356 e. The minimum Gasteiger partial charge on any atom is -0.356 e. The number of benzene rings is 1. The summed E-state index contributed by atoms with van der Waals surface area (Å²) in [5.74, 6) is 0.600. The Kier molecular flexibility index (Phi) is 6.48. The summed E-state index contributed by atoms with van der Waals surface area (Å²) in [5.41, 5.74) is 2.16. The first-order valence-corrected chi connectivity index (χ1v) is 11.0. The van der Waals surface area contributed by atoms with Crippen molar-refractivity contribution >= 4 is 23.2 Å². The van der Waals surface area contributed by atoms with E-state index < -0.39 is 0 Å². The van der Waals surface area contributed by atoms with Crippen LogP contribution in [-0.4, -0.2) is 50.0 Å². The van der Waals surface area contributed by atoms with Gasteiger partial charge in [0, 0.05) is 42.9 Å². The van der Waals surface area contributed by atoms with Gasteiger partial charge in [-0.3, -0.25) is 9.59 Å². The molecule has 30 heavy (non-hydrogen) atoms. The molecule has 0 radical (unpaired) electrons. The van der Waals surface area contributed by atoms with Gasteiger partial charge in [0.25, 0.3) is 0 Å². The first-order chi connectivity index (χ1) is 14.7. The Morgan fingerprint density at radius 3 is 2.87 bits per heavy atom. The van der Waals surface area contributed by atoms with Gasteiger partial charge in [-0.25, -0.2) is 0 Å². The summed E-state index contributed by atoms with van der Waals surface area (Å²) < 4.78 is 0. The first kappa shape index (κ1) is 20.2. The summed E-state index contributed by atoms with van der Waals surface area (Å²) in [4.78, 5) is 29.2. The highest BCUT2D eigenvalue weighted by Gasteiger charge is 2.21. The Morgan fingerprint density at radius 2 is 2.00 bits per heavy atom. The molecule has 4 rings (SSSR count). The fraction of sp³-hybridized carbons (Fsp3) is 0.381. The fourth-order valence-corrected chi connectivity index (χ4v) is 4.33. The van der Waals surface area contributed by atoms with E-state index in [4.69, 9.17) is 0 Å². The average Bonchev–Trinajstić information content (AvgIpc) is 3.43. The maximum absolute atomic E-state index is 12.4. The van der Waals surface area contributed by atoms with Crippen LogP contribution in [0.2, 0.25) is 0 Å². The number of hydrogen-bond acceptors (Lipinski definition) is 6. The monoisotopic (exact) mass is 424 g/mol. The van der Waals surface area contributed by atoms with Gasteiger partial charge in [-0.05, 0) is 35.1 Å². The smallest absolute Gasteiger partial charge is 0.224 e. The molecule has 1 aliphatic heterocycles. The lowest BCUT2D eigenvalue weighted by Gasteiger charge is -2.27. The van der Waals surface area contributed by atoms with E-state index >= 15 is 0 Å². The molecule has 0 saturated heterocycles. The third kappa shape index (κ3) is 5.10. The summed E-state index contributed by atoms with van der Waals surface area (Å²) >= 11 is 1.76. The van der Waals surface area contributed by atoms with Crippen LogP contribution in [0, 0.1) is 0 Å². The fourth-order valence-electron chi connectivity index (χ4n) is 3.44. The number of carbonyl (C=O) groups excluding carboxylic acids is 2. The van der Waals surface area contributed by atoms with Crippen LogP contribution in [0.1, 0.15) is 29.7 Å². The number of fused-ring (bicyclic) bond motifs is 1. The molecule has 2 aromatic heterocycles. The molecule has 9 heteroatoms. The number of aryl methyl sites for hydroxylation is 1. The molecule has 0 bridgehead atoms. The van der Waals surface area contributed by atoms with Gasteiger partial charge < -0.3 is 10.2 Å². The summed E-state index contributed by atoms with van der Waals surface area (Å²) in [5, 5.41) is 17.3. The zero-order valence-corrected chi connectivity index (χ0v) is 17.5. The lowest BCUT2D eigenvalue weighted by molar-refractivity contribution is -0.132. The van der Waals surface area contributed by atoms with E-state index in [2.05, 4.69) is 32.2 Å². The number of rotatable bonds is 8. The third-order valence-corrected chi connectivity index (χ3v) is 6.09. The standard InChI is InChI=1S/C21H24N6O2S/c28-19(7-4-12-27-24-21(23-25-27)16-5-2-1-3-6-16)22-11-8-20(29)26-13-9-18-17(15-26)10-14-30-18/h1-3,5-6,10,14H,4,7-9,11-13,15H2,(H,22,28). The minimum atomic E-state index is -0.0648. The Labute approximate surface area is 178 Å². The highest BCUT2D eigenvalue weighted by molar-refractivity contribution is 7.10. The number of thiophene rings is 1. The van der Waals surface area contributed by atoms with Crippen LogP contribution in [0.3, 0.4) is 0 Å². The molecule has 0 spiro atoms. The number of nitrogens with zero attached hydrogens (tertiary/aromatic N) is 5. The van der Waals surface area contributed by atoms with Gasteiger partial charge in [0.15, 0.2) is 0 Å². The van der Waals surface area contributed by atoms with Crippen LogP contribution in [0.5, 0.6) is 0 Å². The Balaban J connectivity index is 1.13. The first-order valence-electron chi connectivity index (χ1n) is 10.1. The van der Waals surface area contributed by atoms with Gasteiger partial charge in [0.1, 0.15) is 0 Å². The topological polar surface area (TPSA) is 93.0 Å². The molecule has 156 valence electrons. The van der Waals surface area contributed by atoms with Crippen LogP contribution in [0.4, 0.5) is 0 Å². The summed E-state index contributed by atoms with van der Waals surface area (Å²) in [6, 6.07) is 11.7. The van der Waals surface area contributed by atoms with Gasteiger partial charge in [-0.15, -0.1) is 21.5 Å². The van der Waals surface area contributed by atoms with E-state index in [-0.39, 0.29) is 11.8 Å². The molecule has 2 amide bonds. The quantitative estimate of drug-likeness (QED) is 0.599. The van der Waals surface area contributed by atoms with Crippen LogP contribution < -0.4 is 5.32 Å². The average molecular weight is 425 g/mol. The van der Waals surface area contributed by atoms with Crippen molar-refractivity contribution in [1.29, 1.82) is 0 Å². The van der Waals surface area contributed by atoms with Gasteiger partial charge in [-0.1, -0.05) is 30.3 Å². The molecule has 8 nitrogen and oxygen atoms in total. The number of carbonyl (C=O) groups is 2. The van der Waals surface area contributed by atoms with Crippen molar-refractivity contribution in [2.24, 2.45) is 0 Å². The second-order valence-corrected chi connectivity index (χ2v) is 8.21. The number of tetrazole rings is 1. The van der Waals surface area contributed by atoms with E-state index in [1.807, 2.05) is 35.2 Å². The van der Waals surface area contributed by atoms with Crippen LogP contribution in [0.15, 0.2) is 41.8 Å². The Morgan fingerprint density at radius 1 is 1.13 bits per heavy atom. The van der Waals surface area contributed by atoms with E-state index in [1.165, 1.54) is 15.2 Å². The molecular formula is C21H24N6O2S. The predicted molar refractivity (Wildman–Crippen MR) is 114 cm³/mol. The maximum Gasteiger partial charge on any atom is 0.224 e. The number of aromatic nitrogens is 4. The number of hydrogen-bond donors (Lipinski definition) is 1. The van der Waals surface area contributed by atoms with Crippen molar-refractivity contribution in [2.45, 2.75) is 38.8 Å². The van der Waals surface area contributed by atoms with Crippen LogP contribution >= 0.6 is 11.3 Å². The van der Waals surface area contributed by atoms with Crippen molar-refractivity contribution < 1.29 is 9.59 Å². The van der Waals surface area contributed by atoms with Crippen molar-refractivity contribution in [3.8, 4) is 11.4 Å². The van der Waals surface area contributed by atoms with Crippen molar-refractivity contribution in [2.75, 3.05) is 13.1 Å². The van der Waals surface area contributed by atoms with Crippen molar-refractivity contribution in [3.63, 3.8) is 0 Å². The lowest BCUT2D eigenvalue weighted by atomic mass is 10.1. The maximum atomic E-state index is 12.4. The van der Waals surface area contributed by atoms with Crippen LogP contribution in [-0.2, 0) is 29.1 Å². The second kappa shape index (κ2) is 9.62. The molecule has 0 fully saturated rings. The normalized spacial score (nSPS) is 13.1. The molecule has 0 atom stereocenters. The highest BCUT2D eigenvalue weighted by Crippen LogP contribution is 2.24. The molecule has 3 aromatic rings. The van der Waals surface area contributed by atoms with Crippen LogP contribution in [0.25, 0.3) is 11.4 Å². The molecule has 0 saturated carbocycles.